The van der Waals surface area contributed by atoms with Crippen LogP contribution in [0.3, 0.4) is 0 Å². The lowest BCUT2D eigenvalue weighted by Gasteiger charge is -2.39. The number of fused-ring (bicyclic) bond motifs is 1. The Hall–Kier alpha value is -1.93. The van der Waals surface area contributed by atoms with E-state index in [0.717, 1.165) is 28.9 Å². The third-order valence-electron chi connectivity index (χ3n) is 5.41. The van der Waals surface area contributed by atoms with Gasteiger partial charge in [-0.1, -0.05) is 36.8 Å². The summed E-state index contributed by atoms with van der Waals surface area (Å²) in [6.45, 7) is 3.87. The van der Waals surface area contributed by atoms with Gasteiger partial charge in [-0.05, 0) is 32.1 Å². The summed E-state index contributed by atoms with van der Waals surface area (Å²) in [5, 5.41) is 17.5. The number of hydrogen-bond acceptors (Lipinski definition) is 5. The lowest BCUT2D eigenvalue weighted by atomic mass is 9.76. The molecule has 4 nitrogen and oxygen atoms in total. The van der Waals surface area contributed by atoms with Gasteiger partial charge in [-0.15, -0.1) is 11.3 Å². The lowest BCUT2D eigenvalue weighted by molar-refractivity contribution is -0.269. The quantitative estimate of drug-likeness (QED) is 0.780. The molecular weight excluding hydrogens is 375 g/mol. The molecule has 0 amide bonds. The van der Waals surface area contributed by atoms with Crippen LogP contribution in [-0.2, 0) is 0 Å². The van der Waals surface area contributed by atoms with E-state index in [9.17, 15) is 18.3 Å². The molecule has 0 saturated heterocycles. The number of aliphatic hydroxyl groups is 1. The number of anilines is 1. The Bertz CT molecular complexity index is 877. The molecule has 1 aromatic carbocycles. The van der Waals surface area contributed by atoms with E-state index in [1.54, 1.807) is 5.38 Å². The van der Waals surface area contributed by atoms with Crippen molar-refractivity contribution in [1.82, 2.24) is 4.98 Å². The van der Waals surface area contributed by atoms with Gasteiger partial charge < -0.3 is 5.11 Å². The topological polar surface area (TPSA) is 48.7 Å². The number of hydrazone groups is 1. The molecule has 1 aliphatic carbocycles. The van der Waals surface area contributed by atoms with Gasteiger partial charge in [0.25, 0.3) is 5.72 Å². The number of alkyl halides is 3. The summed E-state index contributed by atoms with van der Waals surface area (Å²) < 4.78 is 41.9. The summed E-state index contributed by atoms with van der Waals surface area (Å²) in [5.41, 5.74) is -0.149. The first-order valence-electron chi connectivity index (χ1n) is 8.89. The van der Waals surface area contributed by atoms with Crippen LogP contribution in [0, 0.1) is 18.8 Å². The SMILES string of the molecule is Cc1ccc(-c2csc(N3N=C4CCC(C)CC4C3(O)C(F)(F)F)n2)cc1. The second-order valence-corrected chi connectivity index (χ2v) is 8.28. The second kappa shape index (κ2) is 6.31. The third-order valence-corrected chi connectivity index (χ3v) is 6.22. The van der Waals surface area contributed by atoms with Gasteiger partial charge in [0.1, 0.15) is 0 Å². The first-order chi connectivity index (χ1) is 12.7. The fourth-order valence-corrected chi connectivity index (χ4v) is 4.65. The molecule has 2 aliphatic rings. The smallest absolute Gasteiger partial charge is 0.362 e. The molecule has 1 N–H and O–H groups in total. The summed E-state index contributed by atoms with van der Waals surface area (Å²) in [6.07, 6.45) is -3.32. The van der Waals surface area contributed by atoms with E-state index in [1.807, 2.05) is 38.1 Å². The average molecular weight is 395 g/mol. The molecule has 2 heterocycles. The van der Waals surface area contributed by atoms with Crippen molar-refractivity contribution in [3.8, 4) is 11.3 Å². The van der Waals surface area contributed by atoms with Crippen LogP contribution in [0.4, 0.5) is 18.3 Å². The number of aryl methyl sites for hydroxylation is 1. The van der Waals surface area contributed by atoms with Crippen molar-refractivity contribution in [2.75, 3.05) is 5.01 Å². The maximum absolute atomic E-state index is 14.0. The fourth-order valence-electron chi connectivity index (χ4n) is 3.82. The summed E-state index contributed by atoms with van der Waals surface area (Å²) in [6, 6.07) is 7.60. The molecule has 0 radical (unpaired) electrons. The van der Waals surface area contributed by atoms with Gasteiger partial charge >= 0.3 is 6.18 Å². The normalized spacial score (nSPS) is 28.2. The Labute approximate surface area is 159 Å². The Kier molecular flexibility index (Phi) is 4.31. The average Bonchev–Trinajstić information content (AvgIpc) is 3.19. The van der Waals surface area contributed by atoms with E-state index in [-0.39, 0.29) is 17.5 Å². The molecule has 1 fully saturated rings. The van der Waals surface area contributed by atoms with Crippen molar-refractivity contribution in [3.05, 3.63) is 35.2 Å². The lowest BCUT2D eigenvalue weighted by Crippen LogP contribution is -2.60. The molecule has 1 aliphatic heterocycles. The number of rotatable bonds is 2. The molecule has 2 aromatic rings. The monoisotopic (exact) mass is 395 g/mol. The van der Waals surface area contributed by atoms with Crippen molar-refractivity contribution in [2.24, 2.45) is 16.9 Å². The highest BCUT2D eigenvalue weighted by Crippen LogP contribution is 2.51. The molecule has 0 spiro atoms. The largest absolute Gasteiger partial charge is 0.439 e. The van der Waals surface area contributed by atoms with Crippen molar-refractivity contribution >= 4 is 22.2 Å². The van der Waals surface area contributed by atoms with Crippen molar-refractivity contribution < 1.29 is 18.3 Å². The highest BCUT2D eigenvalue weighted by atomic mass is 32.1. The summed E-state index contributed by atoms with van der Waals surface area (Å²) in [7, 11) is 0. The van der Waals surface area contributed by atoms with Gasteiger partial charge in [-0.25, -0.2) is 4.98 Å². The Morgan fingerprint density at radius 3 is 2.63 bits per heavy atom. The van der Waals surface area contributed by atoms with Gasteiger partial charge in [0, 0.05) is 16.7 Å². The van der Waals surface area contributed by atoms with Crippen LogP contribution in [0.1, 0.15) is 31.7 Å². The molecule has 144 valence electrons. The minimum absolute atomic E-state index is 0.0555. The second-order valence-electron chi connectivity index (χ2n) is 7.44. The van der Waals surface area contributed by atoms with Gasteiger partial charge in [-0.3, -0.25) is 0 Å². The summed E-state index contributed by atoms with van der Waals surface area (Å²) >= 11 is 1.06. The maximum Gasteiger partial charge on any atom is 0.439 e. The van der Waals surface area contributed by atoms with E-state index in [4.69, 9.17) is 0 Å². The number of thiazole rings is 1. The summed E-state index contributed by atoms with van der Waals surface area (Å²) in [5.74, 6) is -0.935. The third kappa shape index (κ3) is 2.95. The number of hydrogen-bond donors (Lipinski definition) is 1. The standard InChI is InChI=1S/C19H20F3N3OS/c1-11-3-6-13(7-4-11)16-10-27-17(23-16)25-18(26,19(20,21)22)14-9-12(2)5-8-15(14)24-25/h3-4,6-7,10,12,14,26H,5,8-9H2,1-2H3. The highest BCUT2D eigenvalue weighted by Gasteiger charge is 2.68. The van der Waals surface area contributed by atoms with Gasteiger partial charge in [-0.2, -0.15) is 23.3 Å². The van der Waals surface area contributed by atoms with Crippen LogP contribution in [0.15, 0.2) is 34.7 Å². The van der Waals surface area contributed by atoms with Crippen LogP contribution in [0.25, 0.3) is 11.3 Å². The zero-order chi connectivity index (χ0) is 19.4. The van der Waals surface area contributed by atoms with E-state index >= 15 is 0 Å². The first kappa shape index (κ1) is 18.4. The van der Waals surface area contributed by atoms with Crippen molar-refractivity contribution in [2.45, 2.75) is 45.0 Å². The number of nitrogens with zero attached hydrogens (tertiary/aromatic N) is 3. The predicted molar refractivity (Wildman–Crippen MR) is 99.7 cm³/mol. The van der Waals surface area contributed by atoms with Crippen LogP contribution < -0.4 is 5.01 Å². The molecule has 1 aromatic heterocycles. The molecule has 27 heavy (non-hydrogen) atoms. The van der Waals surface area contributed by atoms with E-state index < -0.39 is 17.8 Å². The van der Waals surface area contributed by atoms with Crippen LogP contribution in [0.5, 0.6) is 0 Å². The van der Waals surface area contributed by atoms with E-state index in [1.165, 1.54) is 0 Å². The Morgan fingerprint density at radius 2 is 1.96 bits per heavy atom. The van der Waals surface area contributed by atoms with Gasteiger partial charge in [0.15, 0.2) is 0 Å². The molecular formula is C19H20F3N3OS. The van der Waals surface area contributed by atoms with E-state index in [2.05, 4.69) is 10.1 Å². The molecule has 3 atom stereocenters. The zero-order valence-corrected chi connectivity index (χ0v) is 15.8. The number of halogens is 3. The van der Waals surface area contributed by atoms with Gasteiger partial charge in [0.2, 0.25) is 5.13 Å². The molecule has 1 saturated carbocycles. The molecule has 3 unspecified atom stereocenters. The minimum atomic E-state index is -4.84. The van der Waals surface area contributed by atoms with Gasteiger partial charge in [0.05, 0.1) is 11.6 Å². The summed E-state index contributed by atoms with van der Waals surface area (Å²) in [4.78, 5) is 4.36. The number of aromatic nitrogens is 1. The van der Waals surface area contributed by atoms with Crippen molar-refractivity contribution in [3.63, 3.8) is 0 Å². The fraction of sp³-hybridized carbons (Fsp3) is 0.474. The first-order valence-corrected chi connectivity index (χ1v) is 9.77. The maximum atomic E-state index is 14.0. The molecule has 8 heteroatoms. The van der Waals surface area contributed by atoms with Crippen molar-refractivity contribution in [1.29, 1.82) is 0 Å². The van der Waals surface area contributed by atoms with Crippen LogP contribution in [0.2, 0.25) is 0 Å². The predicted octanol–water partition coefficient (Wildman–Crippen LogP) is 4.98. The highest BCUT2D eigenvalue weighted by molar-refractivity contribution is 7.14. The number of benzene rings is 1. The Morgan fingerprint density at radius 1 is 1.26 bits per heavy atom. The van der Waals surface area contributed by atoms with E-state index in [0.29, 0.717) is 22.8 Å². The van der Waals surface area contributed by atoms with Crippen LogP contribution in [-0.4, -0.2) is 27.7 Å². The zero-order valence-electron chi connectivity index (χ0n) is 15.0. The minimum Gasteiger partial charge on any atom is -0.362 e. The Balaban J connectivity index is 1.74. The molecule has 4 rings (SSSR count). The molecule has 0 bridgehead atoms. The van der Waals surface area contributed by atoms with Crippen LogP contribution >= 0.6 is 11.3 Å².